The summed E-state index contributed by atoms with van der Waals surface area (Å²) in [5.41, 5.74) is 2.07. The summed E-state index contributed by atoms with van der Waals surface area (Å²) in [4.78, 5) is 12.6. The predicted molar refractivity (Wildman–Crippen MR) is 135 cm³/mol. The Hall–Kier alpha value is -2.14. The van der Waals surface area contributed by atoms with Gasteiger partial charge in [-0.25, -0.2) is 0 Å². The highest BCUT2D eigenvalue weighted by Gasteiger charge is 2.35. The number of carbonyl (C=O) groups excluding carboxylic acids is 1. The molecule has 3 rings (SSSR count). The third-order valence-corrected chi connectivity index (χ3v) is 6.29. The monoisotopic (exact) mass is 469 g/mol. The van der Waals surface area contributed by atoms with Crippen molar-refractivity contribution in [2.45, 2.75) is 104 Å². The zero-order valence-corrected chi connectivity index (χ0v) is 21.9. The molecule has 1 aromatic carbocycles. The average molecular weight is 470 g/mol. The molecule has 0 amide bonds. The molecule has 34 heavy (non-hydrogen) atoms. The molecule has 1 aromatic heterocycles. The quantitative estimate of drug-likeness (QED) is 0.253. The fourth-order valence-electron chi connectivity index (χ4n) is 4.82. The smallest absolute Gasteiger partial charge is 0.307 e. The second-order valence-corrected chi connectivity index (χ2v) is 12.1. The molecular formula is C29H43NO4. The van der Waals surface area contributed by atoms with Crippen LogP contribution >= 0.6 is 0 Å². The first-order valence-corrected chi connectivity index (χ1v) is 12.8. The molecule has 5 nitrogen and oxygen atoms in total. The van der Waals surface area contributed by atoms with Gasteiger partial charge in [0.05, 0.1) is 18.7 Å². The third-order valence-electron chi connectivity index (χ3n) is 6.29. The average Bonchev–Trinajstić information content (AvgIpc) is 3.17. The van der Waals surface area contributed by atoms with Gasteiger partial charge in [-0.1, -0.05) is 56.3 Å². The second kappa shape index (κ2) is 11.5. The molecule has 1 aliphatic rings. The number of aromatic nitrogens is 1. The molecule has 0 saturated heterocycles. The molecule has 1 heterocycles. The highest BCUT2D eigenvalue weighted by Crippen LogP contribution is 2.46. The van der Waals surface area contributed by atoms with Crippen molar-refractivity contribution in [3.8, 4) is 0 Å². The van der Waals surface area contributed by atoms with Crippen LogP contribution in [0.2, 0.25) is 0 Å². The number of esters is 1. The number of benzene rings is 1. The van der Waals surface area contributed by atoms with Gasteiger partial charge in [0.2, 0.25) is 0 Å². The van der Waals surface area contributed by atoms with E-state index in [2.05, 4.69) is 44.1 Å². The van der Waals surface area contributed by atoms with E-state index in [1.165, 1.54) is 19.3 Å². The van der Waals surface area contributed by atoms with Gasteiger partial charge in [0.15, 0.2) is 0 Å². The summed E-state index contributed by atoms with van der Waals surface area (Å²) in [6.07, 6.45) is 5.52. The van der Waals surface area contributed by atoms with Gasteiger partial charge in [-0.15, -0.1) is 0 Å². The maximum Gasteiger partial charge on any atom is 0.307 e. The summed E-state index contributed by atoms with van der Waals surface area (Å²) in [6.45, 7) is 13.8. The molecule has 0 radical (unpaired) electrons. The fraction of sp³-hybridized carbons (Fsp3) is 0.655. The normalized spacial score (nSPS) is 19.5. The topological polar surface area (TPSA) is 61.6 Å². The van der Waals surface area contributed by atoms with Gasteiger partial charge in [-0.3, -0.25) is 4.79 Å². The molecule has 1 fully saturated rings. The van der Waals surface area contributed by atoms with E-state index in [9.17, 15) is 4.79 Å². The van der Waals surface area contributed by atoms with Crippen molar-refractivity contribution in [3.05, 3.63) is 53.4 Å². The van der Waals surface area contributed by atoms with Crippen LogP contribution in [0.1, 0.15) is 109 Å². The lowest BCUT2D eigenvalue weighted by molar-refractivity contribution is -0.155. The van der Waals surface area contributed by atoms with E-state index in [0.29, 0.717) is 31.0 Å². The lowest BCUT2D eigenvalue weighted by Crippen LogP contribution is -2.26. The highest BCUT2D eigenvalue weighted by atomic mass is 16.6. The van der Waals surface area contributed by atoms with Crippen molar-refractivity contribution < 1.29 is 18.8 Å². The van der Waals surface area contributed by atoms with Crippen LogP contribution in [0.25, 0.3) is 0 Å². The minimum absolute atomic E-state index is 0.0538. The Labute approximate surface area is 205 Å². The van der Waals surface area contributed by atoms with Crippen molar-refractivity contribution in [2.24, 2.45) is 11.3 Å². The van der Waals surface area contributed by atoms with Crippen LogP contribution in [0.5, 0.6) is 0 Å². The Morgan fingerprint density at radius 3 is 2.47 bits per heavy atom. The molecule has 0 N–H and O–H groups in total. The van der Waals surface area contributed by atoms with Gasteiger partial charge in [-0.2, -0.15) is 0 Å². The van der Waals surface area contributed by atoms with Crippen molar-refractivity contribution in [1.29, 1.82) is 0 Å². The Morgan fingerprint density at radius 1 is 1.12 bits per heavy atom. The second-order valence-electron chi connectivity index (χ2n) is 12.1. The fourth-order valence-corrected chi connectivity index (χ4v) is 4.82. The lowest BCUT2D eigenvalue weighted by Gasteiger charge is -2.37. The van der Waals surface area contributed by atoms with Crippen molar-refractivity contribution >= 4 is 5.97 Å². The molecule has 0 unspecified atom stereocenters. The Kier molecular flexibility index (Phi) is 8.97. The number of carbonyl (C=O) groups is 1. The Morgan fingerprint density at radius 2 is 1.82 bits per heavy atom. The minimum Gasteiger partial charge on any atom is -0.460 e. The van der Waals surface area contributed by atoms with E-state index in [1.54, 1.807) is 0 Å². The highest BCUT2D eigenvalue weighted by molar-refractivity contribution is 5.70. The van der Waals surface area contributed by atoms with E-state index in [-0.39, 0.29) is 11.9 Å². The standard InChI is InChI=1S/C29H43NO4/c1-28(2,3)19-22-15-24(16-22)25-18-26(34-30-25)23(17-27(31)33-29(4,5)6)13-10-14-32-20-21-11-8-7-9-12-21/h7-9,11-12,18,22-24H,10,13-17,19-20H2,1-6H3/t22-,23-,24+/m0/s1. The first-order chi connectivity index (χ1) is 16.0. The molecule has 1 saturated carbocycles. The molecule has 2 aromatic rings. The number of nitrogens with zero attached hydrogens (tertiary/aromatic N) is 1. The van der Waals surface area contributed by atoms with E-state index in [0.717, 1.165) is 35.8 Å². The predicted octanol–water partition coefficient (Wildman–Crippen LogP) is 7.42. The van der Waals surface area contributed by atoms with Gasteiger partial charge in [0, 0.05) is 24.5 Å². The van der Waals surface area contributed by atoms with E-state index in [4.69, 9.17) is 14.0 Å². The third kappa shape index (κ3) is 8.90. The molecule has 5 heteroatoms. The van der Waals surface area contributed by atoms with Crippen molar-refractivity contribution in [1.82, 2.24) is 5.16 Å². The summed E-state index contributed by atoms with van der Waals surface area (Å²) < 4.78 is 17.2. The zero-order chi connectivity index (χ0) is 24.8. The van der Waals surface area contributed by atoms with E-state index >= 15 is 0 Å². The summed E-state index contributed by atoms with van der Waals surface area (Å²) in [5, 5.41) is 4.40. The number of hydrogen-bond acceptors (Lipinski definition) is 5. The van der Waals surface area contributed by atoms with Gasteiger partial charge in [0.1, 0.15) is 11.4 Å². The van der Waals surface area contributed by atoms with Crippen LogP contribution in [0.4, 0.5) is 0 Å². The van der Waals surface area contributed by atoms with Gasteiger partial charge in [0.25, 0.3) is 0 Å². The molecular weight excluding hydrogens is 426 g/mol. The molecule has 1 aliphatic carbocycles. The van der Waals surface area contributed by atoms with Gasteiger partial charge >= 0.3 is 5.97 Å². The molecule has 0 aliphatic heterocycles. The first-order valence-electron chi connectivity index (χ1n) is 12.8. The summed E-state index contributed by atoms with van der Waals surface area (Å²) in [6, 6.07) is 12.2. The minimum atomic E-state index is -0.499. The first kappa shape index (κ1) is 26.5. The van der Waals surface area contributed by atoms with Crippen molar-refractivity contribution in [2.75, 3.05) is 6.61 Å². The lowest BCUT2D eigenvalue weighted by atomic mass is 9.67. The zero-order valence-electron chi connectivity index (χ0n) is 21.9. The van der Waals surface area contributed by atoms with Crippen LogP contribution < -0.4 is 0 Å². The van der Waals surface area contributed by atoms with Crippen LogP contribution in [0.15, 0.2) is 40.9 Å². The van der Waals surface area contributed by atoms with E-state index < -0.39 is 5.60 Å². The summed E-state index contributed by atoms with van der Waals surface area (Å²) >= 11 is 0. The molecule has 188 valence electrons. The number of ether oxygens (including phenoxy) is 2. The SMILES string of the molecule is CC(C)(C)C[C@H]1C[C@@H](c2cc([C@@H](CCCOCc3ccccc3)CC(=O)OC(C)(C)C)on2)C1. The van der Waals surface area contributed by atoms with Crippen LogP contribution in [-0.2, 0) is 20.9 Å². The van der Waals surface area contributed by atoms with Gasteiger partial charge in [-0.05, 0) is 69.8 Å². The number of rotatable bonds is 11. The van der Waals surface area contributed by atoms with Crippen LogP contribution in [0.3, 0.4) is 0 Å². The maximum absolute atomic E-state index is 12.6. The maximum atomic E-state index is 12.6. The molecule has 0 spiro atoms. The van der Waals surface area contributed by atoms with Crippen LogP contribution in [-0.4, -0.2) is 23.3 Å². The van der Waals surface area contributed by atoms with Crippen LogP contribution in [0, 0.1) is 11.3 Å². The van der Waals surface area contributed by atoms with E-state index in [1.807, 2.05) is 39.0 Å². The summed E-state index contributed by atoms with van der Waals surface area (Å²) in [5.74, 6) is 1.78. The molecule has 1 atom stereocenters. The summed E-state index contributed by atoms with van der Waals surface area (Å²) in [7, 11) is 0. The molecule has 0 bridgehead atoms. The number of hydrogen-bond donors (Lipinski definition) is 0. The van der Waals surface area contributed by atoms with Gasteiger partial charge < -0.3 is 14.0 Å². The Balaban J connectivity index is 1.54. The Bertz CT molecular complexity index is 885. The largest absolute Gasteiger partial charge is 0.460 e. The van der Waals surface area contributed by atoms with Crippen molar-refractivity contribution in [3.63, 3.8) is 0 Å².